The number of nitrogens with one attached hydrogen (secondary N) is 1. The van der Waals surface area contributed by atoms with Gasteiger partial charge in [-0.3, -0.25) is 5.32 Å². The molecule has 8 nitrogen and oxygen atoms in total. The van der Waals surface area contributed by atoms with Crippen molar-refractivity contribution in [3.8, 4) is 0 Å². The SMILES string of the molecule is CCOC(=O)Nc1nnc(S(=O)(=O)CCOC(C)C)s1. The molecular formula is C10H17N3O5S2. The van der Waals surface area contributed by atoms with Crippen LogP contribution in [0.25, 0.3) is 0 Å². The van der Waals surface area contributed by atoms with E-state index in [-0.39, 0.29) is 34.5 Å². The number of hydrogen-bond donors (Lipinski definition) is 1. The first-order chi connectivity index (χ1) is 9.35. The second kappa shape index (κ2) is 7.50. The number of hydrogen-bond acceptors (Lipinski definition) is 8. The molecular weight excluding hydrogens is 306 g/mol. The number of rotatable bonds is 7. The maximum Gasteiger partial charge on any atom is 0.413 e. The molecule has 0 radical (unpaired) electrons. The van der Waals surface area contributed by atoms with Crippen LogP contribution in [0.5, 0.6) is 0 Å². The Morgan fingerprint density at radius 2 is 2.10 bits per heavy atom. The summed E-state index contributed by atoms with van der Waals surface area (Å²) in [6.07, 6.45) is -0.739. The molecule has 1 aromatic rings. The molecule has 10 heteroatoms. The van der Waals surface area contributed by atoms with Crippen LogP contribution >= 0.6 is 11.3 Å². The van der Waals surface area contributed by atoms with Gasteiger partial charge in [0.15, 0.2) is 0 Å². The van der Waals surface area contributed by atoms with Gasteiger partial charge in [-0.25, -0.2) is 13.2 Å². The highest BCUT2D eigenvalue weighted by atomic mass is 32.2. The molecule has 1 rings (SSSR count). The molecule has 1 N–H and O–H groups in total. The third-order valence-electron chi connectivity index (χ3n) is 1.96. The van der Waals surface area contributed by atoms with Crippen LogP contribution in [-0.2, 0) is 19.3 Å². The minimum absolute atomic E-state index is 0.0411. The monoisotopic (exact) mass is 323 g/mol. The third kappa shape index (κ3) is 5.39. The molecule has 0 saturated heterocycles. The van der Waals surface area contributed by atoms with E-state index in [1.54, 1.807) is 6.92 Å². The van der Waals surface area contributed by atoms with Gasteiger partial charge < -0.3 is 9.47 Å². The van der Waals surface area contributed by atoms with Crippen LogP contribution in [0.2, 0.25) is 0 Å². The van der Waals surface area contributed by atoms with E-state index in [9.17, 15) is 13.2 Å². The molecule has 20 heavy (non-hydrogen) atoms. The number of carbonyl (C=O) groups is 1. The van der Waals surface area contributed by atoms with E-state index < -0.39 is 15.9 Å². The molecule has 0 bridgehead atoms. The molecule has 0 fully saturated rings. The molecule has 0 aromatic carbocycles. The second-order valence-electron chi connectivity index (χ2n) is 3.96. The molecule has 1 amide bonds. The summed E-state index contributed by atoms with van der Waals surface area (Å²) in [5.74, 6) is -0.181. The fraction of sp³-hybridized carbons (Fsp3) is 0.700. The lowest BCUT2D eigenvalue weighted by Crippen LogP contribution is -2.15. The maximum absolute atomic E-state index is 11.9. The Bertz CT molecular complexity index is 541. The number of sulfone groups is 1. The van der Waals surface area contributed by atoms with Crippen LogP contribution in [0.15, 0.2) is 4.34 Å². The lowest BCUT2D eigenvalue weighted by atomic mass is 10.5. The van der Waals surface area contributed by atoms with Gasteiger partial charge in [-0.2, -0.15) is 0 Å². The number of amides is 1. The Hall–Kier alpha value is -1.26. The topological polar surface area (TPSA) is 107 Å². The van der Waals surface area contributed by atoms with Crippen molar-refractivity contribution in [2.75, 3.05) is 24.3 Å². The molecule has 0 aliphatic heterocycles. The smallest absolute Gasteiger partial charge is 0.413 e. The summed E-state index contributed by atoms with van der Waals surface area (Å²) in [5.41, 5.74) is 0. The van der Waals surface area contributed by atoms with Gasteiger partial charge in [0.2, 0.25) is 19.3 Å². The van der Waals surface area contributed by atoms with Gasteiger partial charge in [0, 0.05) is 0 Å². The Kier molecular flexibility index (Phi) is 6.30. The molecule has 1 aromatic heterocycles. The van der Waals surface area contributed by atoms with Crippen LogP contribution in [0.1, 0.15) is 20.8 Å². The molecule has 0 aliphatic carbocycles. The summed E-state index contributed by atoms with van der Waals surface area (Å²) in [6, 6.07) is 0. The summed E-state index contributed by atoms with van der Waals surface area (Å²) in [6.45, 7) is 5.59. The fourth-order valence-electron chi connectivity index (χ4n) is 1.12. The average Bonchev–Trinajstić information content (AvgIpc) is 2.77. The number of ether oxygens (including phenoxy) is 2. The minimum Gasteiger partial charge on any atom is -0.450 e. The van der Waals surface area contributed by atoms with Crippen LogP contribution in [-0.4, -0.2) is 49.8 Å². The van der Waals surface area contributed by atoms with Gasteiger partial charge in [-0.05, 0) is 20.8 Å². The lowest BCUT2D eigenvalue weighted by molar-refractivity contribution is 0.0912. The van der Waals surface area contributed by atoms with E-state index in [1.165, 1.54) is 0 Å². The maximum atomic E-state index is 11.9. The quantitative estimate of drug-likeness (QED) is 0.754. The molecule has 0 saturated carbocycles. The van der Waals surface area contributed by atoms with Crippen molar-refractivity contribution in [2.45, 2.75) is 31.2 Å². The zero-order valence-corrected chi connectivity index (χ0v) is 13.1. The van der Waals surface area contributed by atoms with Crippen LogP contribution < -0.4 is 5.32 Å². The molecule has 114 valence electrons. The van der Waals surface area contributed by atoms with Crippen molar-refractivity contribution in [3.05, 3.63) is 0 Å². The first-order valence-corrected chi connectivity index (χ1v) is 8.43. The summed E-state index contributed by atoms with van der Waals surface area (Å²) in [4.78, 5) is 11.2. The zero-order valence-electron chi connectivity index (χ0n) is 11.5. The predicted octanol–water partition coefficient (Wildman–Crippen LogP) is 1.31. The highest BCUT2D eigenvalue weighted by molar-refractivity contribution is 7.93. The summed E-state index contributed by atoms with van der Waals surface area (Å²) in [7, 11) is -3.56. The van der Waals surface area contributed by atoms with Gasteiger partial charge in [0.25, 0.3) is 0 Å². The van der Waals surface area contributed by atoms with Crippen LogP contribution in [0.3, 0.4) is 0 Å². The van der Waals surface area contributed by atoms with Gasteiger partial charge in [0.05, 0.1) is 25.1 Å². The van der Waals surface area contributed by atoms with Gasteiger partial charge in [-0.15, -0.1) is 10.2 Å². The Labute approximate surface area is 121 Å². The normalized spacial score (nSPS) is 11.6. The number of nitrogens with zero attached hydrogens (tertiary/aromatic N) is 2. The van der Waals surface area contributed by atoms with Gasteiger partial charge in [0.1, 0.15) is 0 Å². The van der Waals surface area contributed by atoms with Gasteiger partial charge in [-0.1, -0.05) is 11.3 Å². The number of carbonyl (C=O) groups excluding carboxylic acids is 1. The predicted molar refractivity (Wildman–Crippen MR) is 73.7 cm³/mol. The second-order valence-corrected chi connectivity index (χ2v) is 7.22. The van der Waals surface area contributed by atoms with E-state index in [1.807, 2.05) is 13.8 Å². The molecule has 0 atom stereocenters. The van der Waals surface area contributed by atoms with Crippen molar-refractivity contribution in [1.82, 2.24) is 10.2 Å². The van der Waals surface area contributed by atoms with E-state index in [4.69, 9.17) is 4.74 Å². The van der Waals surface area contributed by atoms with E-state index in [2.05, 4.69) is 20.3 Å². The summed E-state index contributed by atoms with van der Waals surface area (Å²) in [5, 5.41) is 9.51. The number of anilines is 1. The van der Waals surface area contributed by atoms with Crippen molar-refractivity contribution in [2.24, 2.45) is 0 Å². The first kappa shape index (κ1) is 16.8. The zero-order chi connectivity index (χ0) is 15.2. The molecule has 0 spiro atoms. The first-order valence-electron chi connectivity index (χ1n) is 5.96. The highest BCUT2D eigenvalue weighted by Crippen LogP contribution is 2.21. The van der Waals surface area contributed by atoms with Crippen molar-refractivity contribution in [1.29, 1.82) is 0 Å². The van der Waals surface area contributed by atoms with E-state index in [0.29, 0.717) is 0 Å². The summed E-state index contributed by atoms with van der Waals surface area (Å²) >= 11 is 0.775. The average molecular weight is 323 g/mol. The highest BCUT2D eigenvalue weighted by Gasteiger charge is 2.21. The molecule has 0 unspecified atom stereocenters. The van der Waals surface area contributed by atoms with E-state index >= 15 is 0 Å². The van der Waals surface area contributed by atoms with Crippen LogP contribution in [0.4, 0.5) is 9.93 Å². The standard InChI is InChI=1S/C10H17N3O5S2/c1-4-17-9(14)11-8-12-13-10(19-8)20(15,16)6-5-18-7(2)3/h7H,4-6H2,1-3H3,(H,11,12,14). The molecule has 0 aliphatic rings. The van der Waals surface area contributed by atoms with Crippen molar-refractivity contribution >= 4 is 32.4 Å². The van der Waals surface area contributed by atoms with Crippen LogP contribution in [0, 0.1) is 0 Å². The largest absolute Gasteiger partial charge is 0.450 e. The Balaban J connectivity index is 2.63. The van der Waals surface area contributed by atoms with Gasteiger partial charge >= 0.3 is 6.09 Å². The fourth-order valence-corrected chi connectivity index (χ4v) is 3.23. The number of aromatic nitrogens is 2. The minimum atomic E-state index is -3.56. The summed E-state index contributed by atoms with van der Waals surface area (Å²) < 4.78 is 33.5. The van der Waals surface area contributed by atoms with Crippen molar-refractivity contribution < 1.29 is 22.7 Å². The lowest BCUT2D eigenvalue weighted by Gasteiger charge is -2.06. The third-order valence-corrected chi connectivity index (χ3v) is 4.92. The van der Waals surface area contributed by atoms with Crippen molar-refractivity contribution in [3.63, 3.8) is 0 Å². The Morgan fingerprint density at radius 1 is 1.40 bits per heavy atom. The van der Waals surface area contributed by atoms with E-state index in [0.717, 1.165) is 11.3 Å². The Morgan fingerprint density at radius 3 is 2.70 bits per heavy atom. The molecule has 1 heterocycles.